The Bertz CT molecular complexity index is 617. The predicted molar refractivity (Wildman–Crippen MR) is 72.3 cm³/mol. The quantitative estimate of drug-likeness (QED) is 0.932. The molecule has 0 spiro atoms. The van der Waals surface area contributed by atoms with E-state index in [1.807, 2.05) is 10.9 Å². The second-order valence-electron chi connectivity index (χ2n) is 4.75. The van der Waals surface area contributed by atoms with Crippen LogP contribution in [0.25, 0.3) is 10.6 Å². The molecule has 0 radical (unpaired) electrons. The van der Waals surface area contributed by atoms with Gasteiger partial charge in [-0.25, -0.2) is 4.98 Å². The molecule has 1 aliphatic rings. The van der Waals surface area contributed by atoms with Crippen LogP contribution in [0, 0.1) is 0 Å². The summed E-state index contributed by atoms with van der Waals surface area (Å²) in [7, 11) is 0. The van der Waals surface area contributed by atoms with Gasteiger partial charge in [-0.1, -0.05) is 6.92 Å². The van der Waals surface area contributed by atoms with E-state index in [4.69, 9.17) is 5.11 Å². The molecule has 100 valence electrons. The van der Waals surface area contributed by atoms with E-state index in [1.165, 1.54) is 0 Å². The summed E-state index contributed by atoms with van der Waals surface area (Å²) in [5.74, 6) is -1.19. The van der Waals surface area contributed by atoms with Crippen molar-refractivity contribution in [3.05, 3.63) is 23.0 Å². The van der Waals surface area contributed by atoms with Gasteiger partial charge in [0.1, 0.15) is 10.9 Å². The minimum atomic E-state index is -0.766. The lowest BCUT2D eigenvalue weighted by molar-refractivity contribution is -0.138. The monoisotopic (exact) mass is 277 g/mol. The van der Waals surface area contributed by atoms with Crippen molar-refractivity contribution >= 4 is 17.3 Å². The van der Waals surface area contributed by atoms with E-state index in [9.17, 15) is 4.79 Å². The Hall–Kier alpha value is -1.69. The number of carboxylic acids is 1. The van der Waals surface area contributed by atoms with Gasteiger partial charge in [-0.3, -0.25) is 9.48 Å². The van der Waals surface area contributed by atoms with Gasteiger partial charge in [0.15, 0.2) is 0 Å². The van der Waals surface area contributed by atoms with Gasteiger partial charge in [-0.15, -0.1) is 11.3 Å². The maximum absolute atomic E-state index is 11.1. The summed E-state index contributed by atoms with van der Waals surface area (Å²) in [6.07, 6.45) is 6.33. The summed E-state index contributed by atoms with van der Waals surface area (Å²) in [6, 6.07) is 0. The smallest absolute Gasteiger partial charge is 0.312 e. The summed E-state index contributed by atoms with van der Waals surface area (Å²) in [5.41, 5.74) is 1.74. The minimum Gasteiger partial charge on any atom is -0.481 e. The third kappa shape index (κ3) is 2.16. The highest BCUT2D eigenvalue weighted by atomic mass is 32.1. The van der Waals surface area contributed by atoms with Crippen LogP contribution < -0.4 is 0 Å². The molecule has 0 aromatic carbocycles. The van der Waals surface area contributed by atoms with Crippen LogP contribution in [-0.2, 0) is 17.8 Å². The lowest BCUT2D eigenvalue weighted by Crippen LogP contribution is -2.08. The van der Waals surface area contributed by atoms with Crippen LogP contribution >= 0.6 is 11.3 Å². The Balaban J connectivity index is 1.90. The third-order valence-electron chi connectivity index (χ3n) is 3.35. The first kappa shape index (κ1) is 12.3. The van der Waals surface area contributed by atoms with Crippen molar-refractivity contribution in [3.63, 3.8) is 0 Å². The van der Waals surface area contributed by atoms with E-state index in [2.05, 4.69) is 17.0 Å². The van der Waals surface area contributed by atoms with Gasteiger partial charge in [0.2, 0.25) is 0 Å². The van der Waals surface area contributed by atoms with E-state index < -0.39 is 11.9 Å². The van der Waals surface area contributed by atoms with Crippen molar-refractivity contribution < 1.29 is 9.90 Å². The minimum absolute atomic E-state index is 0.425. The molecule has 2 heterocycles. The highest BCUT2D eigenvalue weighted by Crippen LogP contribution is 2.39. The van der Waals surface area contributed by atoms with Crippen molar-refractivity contribution in [3.8, 4) is 10.6 Å². The van der Waals surface area contributed by atoms with Crippen LogP contribution in [0.15, 0.2) is 12.4 Å². The van der Waals surface area contributed by atoms with Crippen molar-refractivity contribution in [1.82, 2.24) is 14.8 Å². The molecular formula is C13H15N3O2S. The molecule has 0 amide bonds. The highest BCUT2D eigenvalue weighted by Gasteiger charge is 2.32. The summed E-state index contributed by atoms with van der Waals surface area (Å²) >= 11 is 1.60. The van der Waals surface area contributed by atoms with Gasteiger partial charge in [-0.05, 0) is 19.3 Å². The maximum atomic E-state index is 11.1. The number of aromatic nitrogens is 3. The Morgan fingerprint density at radius 1 is 1.63 bits per heavy atom. The zero-order chi connectivity index (χ0) is 13.4. The number of hydrogen-bond donors (Lipinski definition) is 1. The van der Waals surface area contributed by atoms with Gasteiger partial charge < -0.3 is 5.11 Å². The molecule has 1 aliphatic carbocycles. The van der Waals surface area contributed by atoms with Gasteiger partial charge in [-0.2, -0.15) is 5.10 Å². The Morgan fingerprint density at radius 2 is 2.47 bits per heavy atom. The average Bonchev–Trinajstić information content (AvgIpc) is 3.00. The topological polar surface area (TPSA) is 68.0 Å². The van der Waals surface area contributed by atoms with Gasteiger partial charge in [0.25, 0.3) is 0 Å². The van der Waals surface area contributed by atoms with Crippen molar-refractivity contribution in [1.29, 1.82) is 0 Å². The number of fused-ring (bicyclic) bond motifs is 1. The first-order chi connectivity index (χ1) is 9.19. The number of aryl methyl sites for hydroxylation is 2. The fourth-order valence-corrected chi connectivity index (χ4v) is 3.53. The molecule has 1 unspecified atom stereocenters. The number of carboxylic acid groups (broad SMARTS) is 1. The molecule has 0 saturated carbocycles. The second kappa shape index (κ2) is 4.77. The zero-order valence-corrected chi connectivity index (χ0v) is 11.5. The Labute approximate surface area is 114 Å². The van der Waals surface area contributed by atoms with E-state index in [0.29, 0.717) is 6.42 Å². The molecular weight excluding hydrogens is 262 g/mol. The summed E-state index contributed by atoms with van der Waals surface area (Å²) in [4.78, 5) is 16.8. The van der Waals surface area contributed by atoms with Crippen LogP contribution in [-0.4, -0.2) is 25.8 Å². The Kier molecular flexibility index (Phi) is 3.10. The average molecular weight is 277 g/mol. The summed E-state index contributed by atoms with van der Waals surface area (Å²) in [6.45, 7) is 3.00. The molecule has 0 bridgehead atoms. The molecule has 3 rings (SSSR count). The lowest BCUT2D eigenvalue weighted by Gasteiger charge is -2.00. The van der Waals surface area contributed by atoms with Crippen LogP contribution in [0.2, 0.25) is 0 Å². The van der Waals surface area contributed by atoms with Gasteiger partial charge >= 0.3 is 5.97 Å². The van der Waals surface area contributed by atoms with Crippen LogP contribution in [0.5, 0.6) is 0 Å². The fraction of sp³-hybridized carbons (Fsp3) is 0.462. The molecule has 5 nitrogen and oxygen atoms in total. The SMILES string of the molecule is CCCn1cc(-c2nc3c(s2)CCC3C(=O)O)cn1. The molecule has 2 aromatic rings. The van der Waals surface area contributed by atoms with E-state index in [-0.39, 0.29) is 0 Å². The number of rotatable bonds is 4. The number of hydrogen-bond acceptors (Lipinski definition) is 4. The Morgan fingerprint density at radius 3 is 3.21 bits per heavy atom. The van der Waals surface area contributed by atoms with Gasteiger partial charge in [0, 0.05) is 23.2 Å². The molecule has 2 aromatic heterocycles. The zero-order valence-electron chi connectivity index (χ0n) is 10.7. The third-order valence-corrected chi connectivity index (χ3v) is 4.53. The van der Waals surface area contributed by atoms with Crippen LogP contribution in [0.3, 0.4) is 0 Å². The summed E-state index contributed by atoms with van der Waals surface area (Å²) < 4.78 is 1.90. The van der Waals surface area contributed by atoms with Crippen molar-refractivity contribution in [2.45, 2.75) is 38.6 Å². The molecule has 0 saturated heterocycles. The molecule has 19 heavy (non-hydrogen) atoms. The largest absolute Gasteiger partial charge is 0.481 e. The summed E-state index contributed by atoms with van der Waals surface area (Å²) in [5, 5.41) is 14.3. The molecule has 0 aliphatic heterocycles. The highest BCUT2D eigenvalue weighted by molar-refractivity contribution is 7.15. The maximum Gasteiger partial charge on any atom is 0.312 e. The number of thiazole rings is 1. The fourth-order valence-electron chi connectivity index (χ4n) is 2.42. The first-order valence-electron chi connectivity index (χ1n) is 6.44. The van der Waals surface area contributed by atoms with E-state index in [0.717, 1.165) is 40.5 Å². The molecule has 1 N–H and O–H groups in total. The van der Waals surface area contributed by atoms with Crippen molar-refractivity contribution in [2.75, 3.05) is 0 Å². The van der Waals surface area contributed by atoms with Gasteiger partial charge in [0.05, 0.1) is 11.9 Å². The number of nitrogens with zero attached hydrogens (tertiary/aromatic N) is 3. The first-order valence-corrected chi connectivity index (χ1v) is 7.26. The normalized spacial score (nSPS) is 17.6. The standard InChI is InChI=1S/C13H15N3O2S/c1-2-5-16-7-8(6-14-16)12-15-11-9(13(17)18)3-4-10(11)19-12/h6-7,9H,2-5H2,1H3,(H,17,18). The van der Waals surface area contributed by atoms with Crippen LogP contribution in [0.1, 0.15) is 36.3 Å². The predicted octanol–water partition coefficient (Wildman–Crippen LogP) is 2.53. The number of aliphatic carboxylic acids is 1. The van der Waals surface area contributed by atoms with Crippen LogP contribution in [0.4, 0.5) is 0 Å². The van der Waals surface area contributed by atoms with E-state index >= 15 is 0 Å². The number of carbonyl (C=O) groups is 1. The second-order valence-corrected chi connectivity index (χ2v) is 5.83. The molecule has 1 atom stereocenters. The lowest BCUT2D eigenvalue weighted by atomic mass is 10.1. The molecule has 6 heteroatoms. The van der Waals surface area contributed by atoms with Crippen molar-refractivity contribution in [2.24, 2.45) is 0 Å². The van der Waals surface area contributed by atoms with E-state index in [1.54, 1.807) is 17.5 Å². The molecule has 0 fully saturated rings.